The molecule has 1 aliphatic heterocycles. The van der Waals surface area contributed by atoms with Crippen LogP contribution in [0.3, 0.4) is 0 Å². The van der Waals surface area contributed by atoms with E-state index in [2.05, 4.69) is 0 Å². The van der Waals surface area contributed by atoms with E-state index in [1.165, 1.54) is 12.1 Å². The molecular formula is C15H11FO4. The van der Waals surface area contributed by atoms with Gasteiger partial charge in [-0.25, -0.2) is 4.39 Å². The first-order chi connectivity index (χ1) is 9.76. The normalized spacial score (nSPS) is 12.2. The smallest absolute Gasteiger partial charge is 0.231 e. The van der Waals surface area contributed by atoms with Crippen molar-refractivity contribution >= 4 is 6.29 Å². The van der Waals surface area contributed by atoms with Crippen molar-refractivity contribution in [3.05, 3.63) is 53.3 Å². The maximum Gasteiger partial charge on any atom is 0.231 e. The minimum Gasteiger partial charge on any atom is -0.486 e. The SMILES string of the molecule is O=Cc1ccc(OCc2ccc3c(c2)OCO3)c(F)c1. The van der Waals surface area contributed by atoms with Crippen LogP contribution in [0.25, 0.3) is 0 Å². The average molecular weight is 274 g/mol. The molecule has 5 heteroatoms. The number of aldehydes is 1. The molecule has 0 amide bonds. The minimum absolute atomic E-state index is 0.105. The van der Waals surface area contributed by atoms with Gasteiger partial charge < -0.3 is 14.2 Å². The Labute approximate surface area is 114 Å². The van der Waals surface area contributed by atoms with Gasteiger partial charge in [0.1, 0.15) is 12.9 Å². The van der Waals surface area contributed by atoms with Crippen LogP contribution < -0.4 is 14.2 Å². The molecule has 0 N–H and O–H groups in total. The van der Waals surface area contributed by atoms with Crippen LogP contribution >= 0.6 is 0 Å². The Hall–Kier alpha value is -2.56. The fourth-order valence-corrected chi connectivity index (χ4v) is 1.90. The fraction of sp³-hybridized carbons (Fsp3) is 0.133. The van der Waals surface area contributed by atoms with E-state index in [0.29, 0.717) is 17.8 Å². The largest absolute Gasteiger partial charge is 0.486 e. The highest BCUT2D eigenvalue weighted by atomic mass is 19.1. The highest BCUT2D eigenvalue weighted by Crippen LogP contribution is 2.32. The molecule has 0 fully saturated rings. The van der Waals surface area contributed by atoms with Gasteiger partial charge in [0.2, 0.25) is 6.79 Å². The predicted octanol–water partition coefficient (Wildman–Crippen LogP) is 2.95. The molecule has 0 saturated carbocycles. The molecule has 0 aromatic heterocycles. The van der Waals surface area contributed by atoms with Crippen molar-refractivity contribution in [3.63, 3.8) is 0 Å². The Morgan fingerprint density at radius 2 is 2.00 bits per heavy atom. The molecule has 2 aromatic carbocycles. The summed E-state index contributed by atoms with van der Waals surface area (Å²) in [6.07, 6.45) is 0.588. The number of fused-ring (bicyclic) bond motifs is 1. The first kappa shape index (κ1) is 12.5. The number of carbonyl (C=O) groups excluding carboxylic acids is 1. The predicted molar refractivity (Wildman–Crippen MR) is 68.7 cm³/mol. The number of halogens is 1. The van der Waals surface area contributed by atoms with E-state index in [4.69, 9.17) is 14.2 Å². The number of hydrogen-bond donors (Lipinski definition) is 0. The molecule has 2 aromatic rings. The Morgan fingerprint density at radius 3 is 2.80 bits per heavy atom. The lowest BCUT2D eigenvalue weighted by molar-refractivity contribution is 0.112. The Bertz CT molecular complexity index is 654. The zero-order chi connectivity index (χ0) is 13.9. The molecule has 0 bridgehead atoms. The third-order valence-corrected chi connectivity index (χ3v) is 2.92. The van der Waals surface area contributed by atoms with Gasteiger partial charge >= 0.3 is 0 Å². The summed E-state index contributed by atoms with van der Waals surface area (Å²) in [6, 6.07) is 9.48. The summed E-state index contributed by atoms with van der Waals surface area (Å²) in [7, 11) is 0. The molecule has 20 heavy (non-hydrogen) atoms. The molecule has 1 heterocycles. The van der Waals surface area contributed by atoms with Gasteiger partial charge in [0, 0.05) is 5.56 Å². The van der Waals surface area contributed by atoms with E-state index in [9.17, 15) is 9.18 Å². The van der Waals surface area contributed by atoms with Gasteiger partial charge in [0.15, 0.2) is 23.1 Å². The molecule has 0 aliphatic carbocycles. The van der Waals surface area contributed by atoms with Crippen molar-refractivity contribution < 1.29 is 23.4 Å². The standard InChI is InChI=1S/C15H11FO4/c16-12-5-10(7-17)1-3-13(12)18-8-11-2-4-14-15(6-11)20-9-19-14/h1-7H,8-9H2. The lowest BCUT2D eigenvalue weighted by Gasteiger charge is -2.08. The van der Waals surface area contributed by atoms with Gasteiger partial charge in [-0.15, -0.1) is 0 Å². The molecule has 0 atom stereocenters. The Kier molecular flexibility index (Phi) is 3.25. The molecule has 4 nitrogen and oxygen atoms in total. The lowest BCUT2D eigenvalue weighted by Crippen LogP contribution is -1.98. The maximum atomic E-state index is 13.6. The van der Waals surface area contributed by atoms with Crippen LogP contribution in [0.2, 0.25) is 0 Å². The summed E-state index contributed by atoms with van der Waals surface area (Å²) in [4.78, 5) is 10.5. The minimum atomic E-state index is -0.560. The van der Waals surface area contributed by atoms with Gasteiger partial charge in [-0.2, -0.15) is 0 Å². The second-order valence-electron chi connectivity index (χ2n) is 4.28. The van der Waals surface area contributed by atoms with Gasteiger partial charge in [0.25, 0.3) is 0 Å². The third kappa shape index (κ3) is 2.42. The Balaban J connectivity index is 1.72. The van der Waals surface area contributed by atoms with E-state index in [-0.39, 0.29) is 24.7 Å². The zero-order valence-corrected chi connectivity index (χ0v) is 10.5. The van der Waals surface area contributed by atoms with Crippen LogP contribution in [0.4, 0.5) is 4.39 Å². The number of ether oxygens (including phenoxy) is 3. The summed E-state index contributed by atoms with van der Waals surface area (Å²) < 4.78 is 29.5. The average Bonchev–Trinajstić information content (AvgIpc) is 2.93. The molecule has 1 aliphatic rings. The molecule has 0 saturated heterocycles. The number of hydrogen-bond acceptors (Lipinski definition) is 4. The second-order valence-corrected chi connectivity index (χ2v) is 4.28. The van der Waals surface area contributed by atoms with Crippen LogP contribution in [0, 0.1) is 5.82 Å². The number of carbonyl (C=O) groups is 1. The van der Waals surface area contributed by atoms with E-state index < -0.39 is 5.82 Å². The second kappa shape index (κ2) is 5.21. The molecule has 102 valence electrons. The molecular weight excluding hydrogens is 263 g/mol. The number of rotatable bonds is 4. The van der Waals surface area contributed by atoms with Gasteiger partial charge in [-0.1, -0.05) is 6.07 Å². The summed E-state index contributed by atoms with van der Waals surface area (Å²) in [5, 5.41) is 0. The Morgan fingerprint density at radius 1 is 1.15 bits per heavy atom. The van der Waals surface area contributed by atoms with Crippen molar-refractivity contribution in [2.24, 2.45) is 0 Å². The summed E-state index contributed by atoms with van der Waals surface area (Å²) >= 11 is 0. The summed E-state index contributed by atoms with van der Waals surface area (Å²) in [5.74, 6) is 0.891. The summed E-state index contributed by atoms with van der Waals surface area (Å²) in [5.41, 5.74) is 1.12. The number of benzene rings is 2. The van der Waals surface area contributed by atoms with Crippen LogP contribution in [-0.2, 0) is 6.61 Å². The molecule has 0 radical (unpaired) electrons. The van der Waals surface area contributed by atoms with Crippen LogP contribution in [0.5, 0.6) is 17.2 Å². The topological polar surface area (TPSA) is 44.8 Å². The zero-order valence-electron chi connectivity index (χ0n) is 10.5. The van der Waals surface area contributed by atoms with E-state index in [1.807, 2.05) is 6.07 Å². The molecule has 3 rings (SSSR count). The summed E-state index contributed by atoms with van der Waals surface area (Å²) in [6.45, 7) is 0.412. The monoisotopic (exact) mass is 274 g/mol. The van der Waals surface area contributed by atoms with Crippen LogP contribution in [0.1, 0.15) is 15.9 Å². The highest BCUT2D eigenvalue weighted by molar-refractivity contribution is 5.74. The van der Waals surface area contributed by atoms with Gasteiger partial charge in [-0.3, -0.25) is 4.79 Å². The van der Waals surface area contributed by atoms with Crippen molar-refractivity contribution in [1.82, 2.24) is 0 Å². The van der Waals surface area contributed by atoms with Crippen molar-refractivity contribution in [1.29, 1.82) is 0 Å². The van der Waals surface area contributed by atoms with E-state index in [0.717, 1.165) is 11.6 Å². The van der Waals surface area contributed by atoms with Crippen molar-refractivity contribution in [2.45, 2.75) is 6.61 Å². The third-order valence-electron chi connectivity index (χ3n) is 2.92. The first-order valence-electron chi connectivity index (χ1n) is 6.02. The quantitative estimate of drug-likeness (QED) is 0.804. The first-order valence-corrected chi connectivity index (χ1v) is 6.02. The molecule has 0 unspecified atom stereocenters. The van der Waals surface area contributed by atoms with Crippen molar-refractivity contribution in [2.75, 3.05) is 6.79 Å². The highest BCUT2D eigenvalue weighted by Gasteiger charge is 2.13. The van der Waals surface area contributed by atoms with E-state index >= 15 is 0 Å². The van der Waals surface area contributed by atoms with Crippen LogP contribution in [0.15, 0.2) is 36.4 Å². The lowest BCUT2D eigenvalue weighted by atomic mass is 10.2. The van der Waals surface area contributed by atoms with Crippen LogP contribution in [-0.4, -0.2) is 13.1 Å². The van der Waals surface area contributed by atoms with Gasteiger partial charge in [0.05, 0.1) is 0 Å². The van der Waals surface area contributed by atoms with Crippen molar-refractivity contribution in [3.8, 4) is 17.2 Å². The molecule has 0 spiro atoms. The maximum absolute atomic E-state index is 13.6. The van der Waals surface area contributed by atoms with E-state index in [1.54, 1.807) is 12.1 Å². The fourth-order valence-electron chi connectivity index (χ4n) is 1.90. The van der Waals surface area contributed by atoms with Gasteiger partial charge in [-0.05, 0) is 35.9 Å².